The minimum Gasteiger partial charge on any atom is -0.475 e. The molecule has 0 aromatic carbocycles. The lowest BCUT2D eigenvalue weighted by Crippen LogP contribution is -2.43. The van der Waals surface area contributed by atoms with Crippen LogP contribution in [0.1, 0.15) is 24.8 Å². The molecule has 0 amide bonds. The van der Waals surface area contributed by atoms with Gasteiger partial charge in [0.05, 0.1) is 12.1 Å². The molecule has 0 saturated carbocycles. The summed E-state index contributed by atoms with van der Waals surface area (Å²) >= 11 is 5.84. The molecule has 0 spiro atoms. The van der Waals surface area contributed by atoms with Crippen LogP contribution in [0.3, 0.4) is 0 Å². The van der Waals surface area contributed by atoms with Gasteiger partial charge in [0.15, 0.2) is 5.96 Å². The molecule has 2 saturated heterocycles. The second kappa shape index (κ2) is 10.9. The molecule has 1 atom stereocenters. The van der Waals surface area contributed by atoms with Gasteiger partial charge in [-0.05, 0) is 38.4 Å². The summed E-state index contributed by atoms with van der Waals surface area (Å²) in [6.45, 7) is 4.91. The van der Waals surface area contributed by atoms with E-state index in [0.29, 0.717) is 12.6 Å². The van der Waals surface area contributed by atoms with E-state index in [-0.39, 0.29) is 41.5 Å². The molecule has 0 aliphatic carbocycles. The number of nitrogens with one attached hydrogen (secondary N) is 1. The first-order valence-corrected chi connectivity index (χ1v) is 9.81. The Morgan fingerprint density at radius 1 is 1.34 bits per heavy atom. The molecule has 1 aromatic heterocycles. The van der Waals surface area contributed by atoms with Crippen molar-refractivity contribution in [3.63, 3.8) is 0 Å². The number of aromatic nitrogens is 1. The van der Waals surface area contributed by atoms with Gasteiger partial charge in [-0.3, -0.25) is 9.89 Å². The topological polar surface area (TPSA) is 53.0 Å². The predicted molar refractivity (Wildman–Crippen MR) is 117 cm³/mol. The molecule has 0 bridgehead atoms. The maximum Gasteiger partial charge on any atom is 0.417 e. The highest BCUT2D eigenvalue weighted by Gasteiger charge is 2.32. The molecule has 2 aliphatic rings. The normalized spacial score (nSPS) is 20.7. The third-order valence-corrected chi connectivity index (χ3v) is 5.36. The smallest absolute Gasteiger partial charge is 0.417 e. The number of halogens is 5. The van der Waals surface area contributed by atoms with Gasteiger partial charge in [0.2, 0.25) is 5.88 Å². The largest absolute Gasteiger partial charge is 0.475 e. The van der Waals surface area contributed by atoms with Gasteiger partial charge in [-0.15, -0.1) is 24.0 Å². The lowest BCUT2D eigenvalue weighted by molar-refractivity contribution is -0.137. The van der Waals surface area contributed by atoms with Gasteiger partial charge in [-0.1, -0.05) is 11.6 Å². The molecular weight excluding hydrogens is 522 g/mol. The Morgan fingerprint density at radius 3 is 2.69 bits per heavy atom. The van der Waals surface area contributed by atoms with Crippen molar-refractivity contribution < 1.29 is 17.9 Å². The Kier molecular flexibility index (Phi) is 9.08. The first-order valence-electron chi connectivity index (χ1n) is 9.43. The fourth-order valence-electron chi connectivity index (χ4n) is 3.67. The van der Waals surface area contributed by atoms with Gasteiger partial charge in [-0.2, -0.15) is 13.2 Å². The minimum absolute atomic E-state index is 0. The number of guanidine groups is 1. The van der Waals surface area contributed by atoms with E-state index in [1.165, 1.54) is 25.9 Å². The van der Waals surface area contributed by atoms with Crippen LogP contribution < -0.4 is 10.1 Å². The van der Waals surface area contributed by atoms with Gasteiger partial charge in [0.1, 0.15) is 11.6 Å². The van der Waals surface area contributed by atoms with Crippen molar-refractivity contribution in [3.05, 3.63) is 22.8 Å². The van der Waals surface area contributed by atoms with Gasteiger partial charge in [0, 0.05) is 32.4 Å². The molecule has 0 radical (unpaired) electrons. The number of pyridine rings is 1. The second-order valence-corrected chi connectivity index (χ2v) is 7.37. The average Bonchev–Trinajstić information content (AvgIpc) is 3.33. The van der Waals surface area contributed by atoms with E-state index >= 15 is 0 Å². The lowest BCUT2D eigenvalue weighted by atomic mass is 10.2. The van der Waals surface area contributed by atoms with Crippen molar-refractivity contribution in [1.82, 2.24) is 20.1 Å². The van der Waals surface area contributed by atoms with E-state index in [1.807, 2.05) is 0 Å². The van der Waals surface area contributed by atoms with Crippen molar-refractivity contribution in [1.29, 1.82) is 0 Å². The fraction of sp³-hybridized carbons (Fsp3) is 0.667. The van der Waals surface area contributed by atoms with Crippen LogP contribution in [-0.4, -0.2) is 73.2 Å². The fourth-order valence-corrected chi connectivity index (χ4v) is 3.89. The van der Waals surface area contributed by atoms with Crippen LogP contribution in [0.5, 0.6) is 5.88 Å². The molecule has 164 valence electrons. The Balaban J connectivity index is 0.00000300. The predicted octanol–water partition coefficient (Wildman–Crippen LogP) is 3.50. The number of aliphatic imine (C=N–C) groups is 1. The number of rotatable bonds is 5. The Hall–Kier alpha value is -1.01. The summed E-state index contributed by atoms with van der Waals surface area (Å²) in [6.07, 6.45) is -0.0762. The highest BCUT2D eigenvalue weighted by molar-refractivity contribution is 14.0. The number of ether oxygens (including phenoxy) is 1. The average molecular weight is 548 g/mol. The van der Waals surface area contributed by atoms with E-state index in [4.69, 9.17) is 16.3 Å². The van der Waals surface area contributed by atoms with E-state index < -0.39 is 11.7 Å². The van der Waals surface area contributed by atoms with E-state index in [9.17, 15) is 13.2 Å². The van der Waals surface area contributed by atoms with Gasteiger partial charge in [-0.25, -0.2) is 4.98 Å². The Bertz CT molecular complexity index is 701. The monoisotopic (exact) mass is 547 g/mol. The Morgan fingerprint density at radius 2 is 2.07 bits per heavy atom. The summed E-state index contributed by atoms with van der Waals surface area (Å²) in [6, 6.07) is 1.39. The molecule has 6 nitrogen and oxygen atoms in total. The third-order valence-electron chi connectivity index (χ3n) is 5.09. The van der Waals surface area contributed by atoms with Gasteiger partial charge < -0.3 is 15.0 Å². The quantitative estimate of drug-likeness (QED) is 0.265. The molecule has 1 aromatic rings. The van der Waals surface area contributed by atoms with Crippen molar-refractivity contribution in [2.24, 2.45) is 4.99 Å². The first-order chi connectivity index (χ1) is 13.4. The van der Waals surface area contributed by atoms with E-state index in [0.717, 1.165) is 37.7 Å². The van der Waals surface area contributed by atoms with Crippen molar-refractivity contribution in [2.75, 3.05) is 46.4 Å². The Labute approximate surface area is 190 Å². The maximum absolute atomic E-state index is 12.6. The van der Waals surface area contributed by atoms with Crippen molar-refractivity contribution in [2.45, 2.75) is 31.5 Å². The zero-order valence-electron chi connectivity index (χ0n) is 16.2. The summed E-state index contributed by atoms with van der Waals surface area (Å²) in [7, 11) is 1.74. The maximum atomic E-state index is 12.6. The van der Waals surface area contributed by atoms with Crippen LogP contribution in [0.4, 0.5) is 13.2 Å². The highest BCUT2D eigenvalue weighted by Crippen LogP contribution is 2.33. The lowest BCUT2D eigenvalue weighted by Gasteiger charge is -2.25. The molecular formula is C18H26ClF3IN5O. The second-order valence-electron chi connectivity index (χ2n) is 6.96. The van der Waals surface area contributed by atoms with Crippen molar-refractivity contribution >= 4 is 41.5 Å². The number of nitrogens with zero attached hydrogens (tertiary/aromatic N) is 4. The van der Waals surface area contributed by atoms with Gasteiger partial charge >= 0.3 is 6.18 Å². The van der Waals surface area contributed by atoms with Crippen LogP contribution in [-0.2, 0) is 6.18 Å². The van der Waals surface area contributed by atoms with Crippen LogP contribution in [0.15, 0.2) is 17.3 Å². The number of likely N-dealkylation sites (tertiary alicyclic amines) is 2. The summed E-state index contributed by atoms with van der Waals surface area (Å²) < 4.78 is 43.3. The van der Waals surface area contributed by atoms with Crippen LogP contribution in [0, 0.1) is 0 Å². The summed E-state index contributed by atoms with van der Waals surface area (Å²) in [5.74, 6) is 0.790. The molecule has 11 heteroatoms. The standard InChI is InChI=1S/C18H25ClF3N5O.HI/c1-23-17(27-8-4-14(12-27)26-6-2-3-7-26)24-5-9-28-16-15(19)10-13(11-25-16)18(20,21)22;/h10-11,14H,2-9,12H2,1H3,(H,23,24);1H. The minimum atomic E-state index is -4.48. The van der Waals surface area contributed by atoms with Crippen LogP contribution in [0.25, 0.3) is 0 Å². The molecule has 2 aliphatic heterocycles. The molecule has 2 fully saturated rings. The molecule has 1 unspecified atom stereocenters. The number of hydrogen-bond acceptors (Lipinski definition) is 4. The van der Waals surface area contributed by atoms with Gasteiger partial charge in [0.25, 0.3) is 0 Å². The first kappa shape index (κ1) is 24.3. The summed E-state index contributed by atoms with van der Waals surface area (Å²) in [5, 5.41) is 3.07. The molecule has 1 N–H and O–H groups in total. The third kappa shape index (κ3) is 6.48. The number of alkyl halides is 3. The zero-order valence-corrected chi connectivity index (χ0v) is 19.3. The number of hydrogen-bond donors (Lipinski definition) is 1. The zero-order chi connectivity index (χ0) is 20.1. The van der Waals surface area contributed by atoms with E-state index in [1.54, 1.807) is 7.05 Å². The molecule has 29 heavy (non-hydrogen) atoms. The molecule has 3 heterocycles. The SMILES string of the molecule is CN=C(NCCOc1ncc(C(F)(F)F)cc1Cl)N1CCC(N2CCCC2)C1.I. The van der Waals surface area contributed by atoms with Crippen LogP contribution in [0.2, 0.25) is 5.02 Å². The van der Waals surface area contributed by atoms with Crippen LogP contribution >= 0.6 is 35.6 Å². The van der Waals surface area contributed by atoms with Crippen molar-refractivity contribution in [3.8, 4) is 5.88 Å². The highest BCUT2D eigenvalue weighted by atomic mass is 127. The summed E-state index contributed by atoms with van der Waals surface area (Å²) in [4.78, 5) is 12.8. The summed E-state index contributed by atoms with van der Waals surface area (Å²) in [5.41, 5.74) is -0.898. The van der Waals surface area contributed by atoms with E-state index in [2.05, 4.69) is 25.1 Å². The molecule has 3 rings (SSSR count).